The maximum absolute atomic E-state index is 4.73. The molecule has 0 amide bonds. The molecular weight excluding hydrogens is 697 g/mol. The Morgan fingerprint density at radius 3 is 1.59 bits per heavy atom. The van der Waals surface area contributed by atoms with Crippen molar-refractivity contribution in [2.75, 3.05) is 0 Å². The Balaban J connectivity index is 1.12. The molecule has 1 heterocycles. The van der Waals surface area contributed by atoms with E-state index >= 15 is 0 Å². The van der Waals surface area contributed by atoms with Crippen molar-refractivity contribution in [2.45, 2.75) is 42.9 Å². The van der Waals surface area contributed by atoms with E-state index in [-0.39, 0.29) is 5.41 Å². The summed E-state index contributed by atoms with van der Waals surface area (Å²) in [5.74, 6) is 3.10. The Labute approximate surface area is 332 Å². The SMILES string of the molecule is c1ccc(-c2nnc(-c3ccc(-c4ccc5c(c4)C(c4ccccc4)(c4ccccc4)c4ccccc4C54C5CC6CC(C5)CC4C6)c4ccccc34)s2)cc1. The van der Waals surface area contributed by atoms with Crippen molar-refractivity contribution in [1.82, 2.24) is 10.2 Å². The van der Waals surface area contributed by atoms with Crippen molar-refractivity contribution in [2.24, 2.45) is 23.7 Å². The zero-order chi connectivity index (χ0) is 36.8. The van der Waals surface area contributed by atoms with E-state index in [1.54, 1.807) is 22.5 Å². The van der Waals surface area contributed by atoms with Crippen molar-refractivity contribution < 1.29 is 0 Å². The van der Waals surface area contributed by atoms with Crippen LogP contribution in [-0.4, -0.2) is 10.2 Å². The first-order valence-corrected chi connectivity index (χ1v) is 21.3. The fourth-order valence-electron chi connectivity index (χ4n) is 12.6. The summed E-state index contributed by atoms with van der Waals surface area (Å²) < 4.78 is 0. The molecule has 0 unspecified atom stereocenters. The number of fused-ring (bicyclic) bond motifs is 3. The smallest absolute Gasteiger partial charge is 0.138 e. The van der Waals surface area contributed by atoms with E-state index in [0.29, 0.717) is 11.8 Å². The quantitative estimate of drug-likeness (QED) is 0.176. The van der Waals surface area contributed by atoms with Crippen LogP contribution in [0.4, 0.5) is 0 Å². The summed E-state index contributed by atoms with van der Waals surface area (Å²) in [6, 6.07) is 64.1. The second-order valence-electron chi connectivity index (χ2n) is 16.9. The summed E-state index contributed by atoms with van der Waals surface area (Å²) in [5, 5.41) is 13.7. The van der Waals surface area contributed by atoms with Crippen LogP contribution in [0.2, 0.25) is 0 Å². The summed E-state index contributed by atoms with van der Waals surface area (Å²) in [4.78, 5) is 0. The minimum Gasteiger partial charge on any atom is -0.138 e. The Morgan fingerprint density at radius 2 is 0.929 bits per heavy atom. The summed E-state index contributed by atoms with van der Waals surface area (Å²) in [5.41, 5.74) is 13.1. The molecule has 5 aliphatic rings. The predicted octanol–water partition coefficient (Wildman–Crippen LogP) is 13.1. The van der Waals surface area contributed by atoms with Crippen molar-refractivity contribution in [3.63, 3.8) is 0 Å². The molecule has 5 aliphatic carbocycles. The lowest BCUT2D eigenvalue weighted by Crippen LogP contribution is -2.59. The monoisotopic (exact) mass is 738 g/mol. The molecule has 0 aliphatic heterocycles. The Hall–Kier alpha value is -5.64. The summed E-state index contributed by atoms with van der Waals surface area (Å²) in [6.07, 6.45) is 6.87. The van der Waals surface area contributed by atoms with Gasteiger partial charge in [0.15, 0.2) is 0 Å². The lowest BCUT2D eigenvalue weighted by Gasteiger charge is -2.65. The number of rotatable bonds is 5. The molecule has 0 saturated heterocycles. The third-order valence-corrected chi connectivity index (χ3v) is 15.4. The summed E-state index contributed by atoms with van der Waals surface area (Å²) in [7, 11) is 0. The highest BCUT2D eigenvalue weighted by molar-refractivity contribution is 7.18. The average Bonchev–Trinajstić information content (AvgIpc) is 3.76. The number of nitrogens with zero attached hydrogens (tertiary/aromatic N) is 2. The minimum absolute atomic E-state index is 0.0190. The molecule has 0 atom stereocenters. The third kappa shape index (κ3) is 4.49. The number of hydrogen-bond acceptors (Lipinski definition) is 3. The topological polar surface area (TPSA) is 25.8 Å². The van der Waals surface area contributed by atoms with E-state index in [2.05, 4.69) is 169 Å². The van der Waals surface area contributed by atoms with Crippen LogP contribution in [0.15, 0.2) is 170 Å². The molecule has 4 fully saturated rings. The highest BCUT2D eigenvalue weighted by atomic mass is 32.1. The lowest BCUT2D eigenvalue weighted by atomic mass is 9.38. The fraction of sp³-hybridized carbons (Fsp3) is 0.208. The number of hydrogen-bond donors (Lipinski definition) is 0. The average molecular weight is 739 g/mol. The zero-order valence-electron chi connectivity index (χ0n) is 31.3. The standard InChI is InChI=1S/C53H42N2S/c1-4-14-36(15-5-1)50-54-55-51(56-50)45-26-25-42(43-20-10-11-21-44(43)45)37-24-27-48-49(33-37)52(38-16-6-2-7-17-38,39-18-8-3-9-19-39)46-22-12-13-23-47(46)53(48)40-29-34-28-35(31-40)32-41(53)30-34/h1-27,33-35,40-41H,28-32H2. The van der Waals surface area contributed by atoms with Crippen LogP contribution in [0.5, 0.6) is 0 Å². The van der Waals surface area contributed by atoms with E-state index in [0.717, 1.165) is 33.0 Å². The minimum atomic E-state index is -0.472. The molecule has 0 radical (unpaired) electrons. The van der Waals surface area contributed by atoms with Gasteiger partial charge in [-0.2, -0.15) is 0 Å². The molecule has 7 aromatic carbocycles. The van der Waals surface area contributed by atoms with Crippen LogP contribution in [0.3, 0.4) is 0 Å². The van der Waals surface area contributed by atoms with Gasteiger partial charge >= 0.3 is 0 Å². The molecular formula is C53H42N2S. The largest absolute Gasteiger partial charge is 0.148 e. The van der Waals surface area contributed by atoms with Crippen molar-refractivity contribution in [3.05, 3.63) is 203 Å². The van der Waals surface area contributed by atoms with Crippen LogP contribution in [-0.2, 0) is 10.8 Å². The van der Waals surface area contributed by atoms with Crippen LogP contribution < -0.4 is 0 Å². The highest BCUT2D eigenvalue weighted by Crippen LogP contribution is 2.70. The first kappa shape index (κ1) is 32.6. The fourth-order valence-corrected chi connectivity index (χ4v) is 13.5. The van der Waals surface area contributed by atoms with E-state index in [1.807, 2.05) is 6.07 Å². The number of benzene rings is 7. The molecule has 56 heavy (non-hydrogen) atoms. The third-order valence-electron chi connectivity index (χ3n) is 14.4. The van der Waals surface area contributed by atoms with Gasteiger partial charge < -0.3 is 0 Å². The van der Waals surface area contributed by atoms with Gasteiger partial charge in [0.05, 0.1) is 5.41 Å². The Morgan fingerprint density at radius 1 is 0.411 bits per heavy atom. The van der Waals surface area contributed by atoms with Crippen LogP contribution in [0.25, 0.3) is 43.0 Å². The van der Waals surface area contributed by atoms with Gasteiger partial charge in [0, 0.05) is 16.5 Å². The summed E-state index contributed by atoms with van der Waals surface area (Å²) >= 11 is 1.66. The molecule has 1 aromatic heterocycles. The second kappa shape index (κ2) is 12.4. The van der Waals surface area contributed by atoms with Gasteiger partial charge in [-0.15, -0.1) is 10.2 Å². The highest BCUT2D eigenvalue weighted by Gasteiger charge is 2.63. The van der Waals surface area contributed by atoms with E-state index in [9.17, 15) is 0 Å². The van der Waals surface area contributed by atoms with Gasteiger partial charge in [-0.3, -0.25) is 0 Å². The molecule has 13 rings (SSSR count). The maximum Gasteiger partial charge on any atom is 0.148 e. The van der Waals surface area contributed by atoms with Crippen LogP contribution in [0.1, 0.15) is 65.5 Å². The van der Waals surface area contributed by atoms with E-state index in [4.69, 9.17) is 5.10 Å². The summed E-state index contributed by atoms with van der Waals surface area (Å²) in [6.45, 7) is 0. The first-order chi connectivity index (χ1) is 27.7. The molecule has 3 heteroatoms. The molecule has 1 spiro atoms. The normalized spacial score (nSPS) is 23.9. The van der Waals surface area contributed by atoms with Gasteiger partial charge in [-0.1, -0.05) is 175 Å². The molecule has 0 N–H and O–H groups in total. The van der Waals surface area contributed by atoms with Gasteiger partial charge in [0.2, 0.25) is 0 Å². The van der Waals surface area contributed by atoms with Gasteiger partial charge in [-0.05, 0) is 117 Å². The first-order valence-electron chi connectivity index (χ1n) is 20.5. The van der Waals surface area contributed by atoms with Gasteiger partial charge in [0.25, 0.3) is 0 Å². The Kier molecular flexibility index (Phi) is 7.23. The molecule has 4 bridgehead atoms. The molecule has 2 nitrogen and oxygen atoms in total. The molecule has 270 valence electrons. The van der Waals surface area contributed by atoms with Gasteiger partial charge in [0.1, 0.15) is 10.0 Å². The Bertz CT molecular complexity index is 2700. The second-order valence-corrected chi connectivity index (χ2v) is 17.9. The maximum atomic E-state index is 4.73. The van der Waals surface area contributed by atoms with Crippen LogP contribution in [0, 0.1) is 23.7 Å². The van der Waals surface area contributed by atoms with Crippen LogP contribution >= 0.6 is 11.3 Å². The van der Waals surface area contributed by atoms with Gasteiger partial charge in [-0.25, -0.2) is 0 Å². The zero-order valence-corrected chi connectivity index (χ0v) is 32.1. The number of aromatic nitrogens is 2. The van der Waals surface area contributed by atoms with E-state index < -0.39 is 5.41 Å². The molecule has 8 aromatic rings. The van der Waals surface area contributed by atoms with Crippen molar-refractivity contribution >= 4 is 22.1 Å². The molecule has 4 saturated carbocycles. The van der Waals surface area contributed by atoms with Crippen molar-refractivity contribution in [3.8, 4) is 32.3 Å². The van der Waals surface area contributed by atoms with E-state index in [1.165, 1.54) is 76.3 Å². The predicted molar refractivity (Wildman–Crippen MR) is 230 cm³/mol. The van der Waals surface area contributed by atoms with Crippen molar-refractivity contribution in [1.29, 1.82) is 0 Å². The lowest BCUT2D eigenvalue weighted by molar-refractivity contribution is -0.0440.